The van der Waals surface area contributed by atoms with Crippen LogP contribution in [0.25, 0.3) is 17.3 Å². The number of nitrogens with zero attached hydrogens (tertiary/aromatic N) is 5. The van der Waals surface area contributed by atoms with Crippen molar-refractivity contribution in [1.29, 1.82) is 0 Å². The maximum Gasteiger partial charge on any atom is 0.237 e. The molecule has 4 rings (SSSR count). The van der Waals surface area contributed by atoms with Crippen LogP contribution in [-0.2, 0) is 5.75 Å². The lowest BCUT2D eigenvalue weighted by atomic mass is 10.3. The van der Waals surface area contributed by atoms with E-state index in [1.54, 1.807) is 13.2 Å². The Labute approximate surface area is 141 Å². The third-order valence-electron chi connectivity index (χ3n) is 3.28. The first-order valence-electron chi connectivity index (χ1n) is 7.28. The first-order valence-corrected chi connectivity index (χ1v) is 8.26. The summed E-state index contributed by atoms with van der Waals surface area (Å²) in [5.74, 6) is 3.00. The van der Waals surface area contributed by atoms with E-state index in [1.807, 2.05) is 47.0 Å². The standard InChI is InChI=1S/C16H13N5O2S/c1-11-17-14(23-20-11)10-24-16-19-18-15(13-8-5-9-22-13)21(16)12-6-3-2-4-7-12/h2-9H,10H2,1H3. The maximum atomic E-state index is 5.49. The number of aromatic nitrogens is 5. The van der Waals surface area contributed by atoms with Crippen molar-refractivity contribution in [2.45, 2.75) is 17.8 Å². The van der Waals surface area contributed by atoms with Crippen LogP contribution in [0.15, 0.2) is 62.8 Å². The summed E-state index contributed by atoms with van der Waals surface area (Å²) < 4.78 is 12.6. The number of furan rings is 1. The molecule has 0 bridgehead atoms. The van der Waals surface area contributed by atoms with Gasteiger partial charge in [0.1, 0.15) is 0 Å². The van der Waals surface area contributed by atoms with Crippen LogP contribution in [0.2, 0.25) is 0 Å². The number of thioether (sulfide) groups is 1. The van der Waals surface area contributed by atoms with Crippen molar-refractivity contribution >= 4 is 11.8 Å². The Balaban J connectivity index is 1.71. The van der Waals surface area contributed by atoms with Crippen LogP contribution in [0.3, 0.4) is 0 Å². The highest BCUT2D eigenvalue weighted by Gasteiger charge is 2.18. The Morgan fingerprint density at radius 3 is 2.67 bits per heavy atom. The van der Waals surface area contributed by atoms with Crippen molar-refractivity contribution in [2.24, 2.45) is 0 Å². The molecular weight excluding hydrogens is 326 g/mol. The third kappa shape index (κ3) is 2.83. The SMILES string of the molecule is Cc1noc(CSc2nnc(-c3ccco3)n2-c2ccccc2)n1. The Morgan fingerprint density at radius 1 is 1.08 bits per heavy atom. The molecule has 0 radical (unpaired) electrons. The summed E-state index contributed by atoms with van der Waals surface area (Å²) in [6.45, 7) is 1.79. The van der Waals surface area contributed by atoms with Gasteiger partial charge in [0.2, 0.25) is 11.7 Å². The van der Waals surface area contributed by atoms with Gasteiger partial charge in [-0.25, -0.2) is 0 Å². The zero-order valence-corrected chi connectivity index (χ0v) is 13.6. The van der Waals surface area contributed by atoms with E-state index in [9.17, 15) is 0 Å². The predicted octanol–water partition coefficient (Wildman–Crippen LogP) is 3.51. The van der Waals surface area contributed by atoms with Gasteiger partial charge in [0.05, 0.1) is 12.0 Å². The van der Waals surface area contributed by atoms with Gasteiger partial charge in [-0.3, -0.25) is 4.57 Å². The number of benzene rings is 1. The van der Waals surface area contributed by atoms with Gasteiger partial charge >= 0.3 is 0 Å². The lowest BCUT2D eigenvalue weighted by molar-refractivity contribution is 0.387. The summed E-state index contributed by atoms with van der Waals surface area (Å²) in [5, 5.41) is 13.1. The second-order valence-corrected chi connectivity index (χ2v) is 5.92. The Hall–Kier alpha value is -2.87. The number of para-hydroxylation sites is 1. The van der Waals surface area contributed by atoms with Crippen molar-refractivity contribution in [3.8, 4) is 17.3 Å². The van der Waals surface area contributed by atoms with E-state index in [-0.39, 0.29) is 0 Å². The predicted molar refractivity (Wildman–Crippen MR) is 87.7 cm³/mol. The second-order valence-electron chi connectivity index (χ2n) is 4.98. The molecule has 1 aromatic carbocycles. The van der Waals surface area contributed by atoms with Crippen LogP contribution in [0.5, 0.6) is 0 Å². The molecule has 4 aromatic rings. The van der Waals surface area contributed by atoms with Gasteiger partial charge in [-0.05, 0) is 31.2 Å². The summed E-state index contributed by atoms with van der Waals surface area (Å²) in [7, 11) is 0. The lowest BCUT2D eigenvalue weighted by Gasteiger charge is -2.08. The molecule has 0 amide bonds. The molecule has 3 aromatic heterocycles. The van der Waals surface area contributed by atoms with Crippen LogP contribution in [0, 0.1) is 6.92 Å². The quantitative estimate of drug-likeness (QED) is 0.514. The number of rotatable bonds is 5. The molecule has 120 valence electrons. The molecule has 0 N–H and O–H groups in total. The molecular formula is C16H13N5O2S. The van der Waals surface area contributed by atoms with Crippen molar-refractivity contribution < 1.29 is 8.94 Å². The first kappa shape index (κ1) is 14.7. The average molecular weight is 339 g/mol. The molecule has 3 heterocycles. The fourth-order valence-corrected chi connectivity index (χ4v) is 3.05. The van der Waals surface area contributed by atoms with Crippen molar-refractivity contribution in [2.75, 3.05) is 0 Å². The normalized spacial score (nSPS) is 11.0. The zero-order chi connectivity index (χ0) is 16.4. The van der Waals surface area contributed by atoms with Crippen LogP contribution < -0.4 is 0 Å². The molecule has 7 nitrogen and oxygen atoms in total. The van der Waals surface area contributed by atoms with Crippen LogP contribution in [-0.4, -0.2) is 24.9 Å². The molecule has 0 unspecified atom stereocenters. The summed E-state index contributed by atoms with van der Waals surface area (Å²) in [6.07, 6.45) is 1.62. The Morgan fingerprint density at radius 2 is 1.96 bits per heavy atom. The van der Waals surface area contributed by atoms with Gasteiger partial charge in [-0.15, -0.1) is 10.2 Å². The van der Waals surface area contributed by atoms with Gasteiger partial charge in [0.15, 0.2) is 16.7 Å². The molecule has 0 fully saturated rings. The smallest absolute Gasteiger partial charge is 0.237 e. The summed E-state index contributed by atoms with van der Waals surface area (Å²) in [4.78, 5) is 4.21. The van der Waals surface area contributed by atoms with Gasteiger partial charge in [-0.1, -0.05) is 35.1 Å². The van der Waals surface area contributed by atoms with E-state index in [0.29, 0.717) is 29.1 Å². The molecule has 8 heteroatoms. The Kier molecular flexibility index (Phi) is 3.87. The molecule has 0 aliphatic carbocycles. The van der Waals surface area contributed by atoms with Gasteiger partial charge in [0, 0.05) is 5.69 Å². The maximum absolute atomic E-state index is 5.49. The summed E-state index contributed by atoms with van der Waals surface area (Å²) in [6, 6.07) is 13.6. The zero-order valence-electron chi connectivity index (χ0n) is 12.8. The van der Waals surface area contributed by atoms with E-state index in [0.717, 1.165) is 10.8 Å². The average Bonchev–Trinajstić information content (AvgIpc) is 3.34. The monoisotopic (exact) mass is 339 g/mol. The van der Waals surface area contributed by atoms with Crippen molar-refractivity contribution in [1.82, 2.24) is 24.9 Å². The van der Waals surface area contributed by atoms with E-state index < -0.39 is 0 Å². The fourth-order valence-electron chi connectivity index (χ4n) is 2.26. The number of aryl methyl sites for hydroxylation is 1. The topological polar surface area (TPSA) is 82.8 Å². The van der Waals surface area contributed by atoms with Crippen LogP contribution in [0.1, 0.15) is 11.7 Å². The van der Waals surface area contributed by atoms with Crippen molar-refractivity contribution in [3.05, 3.63) is 60.4 Å². The molecule has 0 saturated carbocycles. The molecule has 0 aliphatic heterocycles. The van der Waals surface area contributed by atoms with E-state index in [2.05, 4.69) is 20.3 Å². The summed E-state index contributed by atoms with van der Waals surface area (Å²) in [5.41, 5.74) is 0.957. The molecule has 24 heavy (non-hydrogen) atoms. The second kappa shape index (κ2) is 6.32. The first-order chi connectivity index (χ1) is 11.8. The fraction of sp³-hybridized carbons (Fsp3) is 0.125. The third-order valence-corrected chi connectivity index (χ3v) is 4.20. The lowest BCUT2D eigenvalue weighted by Crippen LogP contribution is -1.99. The van der Waals surface area contributed by atoms with Gasteiger partial charge in [0.25, 0.3) is 0 Å². The highest BCUT2D eigenvalue weighted by Crippen LogP contribution is 2.29. The largest absolute Gasteiger partial charge is 0.461 e. The highest BCUT2D eigenvalue weighted by molar-refractivity contribution is 7.98. The molecule has 0 saturated heterocycles. The van der Waals surface area contributed by atoms with Gasteiger partial charge in [-0.2, -0.15) is 4.98 Å². The highest BCUT2D eigenvalue weighted by atomic mass is 32.2. The van der Waals surface area contributed by atoms with Crippen LogP contribution >= 0.6 is 11.8 Å². The minimum Gasteiger partial charge on any atom is -0.461 e. The van der Waals surface area contributed by atoms with E-state index in [1.165, 1.54) is 11.8 Å². The van der Waals surface area contributed by atoms with Gasteiger partial charge < -0.3 is 8.94 Å². The van der Waals surface area contributed by atoms with E-state index in [4.69, 9.17) is 8.94 Å². The van der Waals surface area contributed by atoms with Crippen LogP contribution in [0.4, 0.5) is 0 Å². The number of hydrogen-bond donors (Lipinski definition) is 0. The van der Waals surface area contributed by atoms with E-state index >= 15 is 0 Å². The minimum absolute atomic E-state index is 0.518. The number of hydrogen-bond acceptors (Lipinski definition) is 7. The molecule has 0 aliphatic rings. The molecule has 0 spiro atoms. The Bertz CT molecular complexity index is 931. The van der Waals surface area contributed by atoms with Crippen molar-refractivity contribution in [3.63, 3.8) is 0 Å². The molecule has 0 atom stereocenters. The minimum atomic E-state index is 0.518. The summed E-state index contributed by atoms with van der Waals surface area (Å²) >= 11 is 1.48.